The zero-order valence-electron chi connectivity index (χ0n) is 12.2. The Kier molecular flexibility index (Phi) is 6.62. The van der Waals surface area contributed by atoms with E-state index in [1.165, 1.54) is 5.56 Å². The minimum absolute atomic E-state index is 0.0329. The van der Waals surface area contributed by atoms with E-state index < -0.39 is 0 Å². The molecule has 2 rings (SSSR count). The van der Waals surface area contributed by atoms with Gasteiger partial charge in [0.05, 0.1) is 10.0 Å². The Balaban J connectivity index is 1.70. The van der Waals surface area contributed by atoms with E-state index in [-0.39, 0.29) is 5.91 Å². The number of amides is 1. The van der Waals surface area contributed by atoms with E-state index in [1.807, 2.05) is 43.3 Å². The van der Waals surface area contributed by atoms with Crippen LogP contribution in [0.2, 0.25) is 10.0 Å². The van der Waals surface area contributed by atoms with Crippen molar-refractivity contribution in [2.24, 2.45) is 0 Å². The Labute approximate surface area is 145 Å². The Morgan fingerprint density at radius 2 is 1.82 bits per heavy atom. The van der Waals surface area contributed by atoms with E-state index in [2.05, 4.69) is 5.32 Å². The van der Waals surface area contributed by atoms with Crippen LogP contribution >= 0.6 is 35.0 Å². The summed E-state index contributed by atoms with van der Waals surface area (Å²) in [4.78, 5) is 11.8. The number of rotatable bonds is 6. The van der Waals surface area contributed by atoms with Crippen LogP contribution in [0.15, 0.2) is 42.5 Å². The predicted octanol–water partition coefficient (Wildman–Crippen LogP) is 5.56. The van der Waals surface area contributed by atoms with E-state index in [4.69, 9.17) is 23.2 Å². The number of thioether (sulfide) groups is 1. The number of hydrogen-bond acceptors (Lipinski definition) is 2. The topological polar surface area (TPSA) is 29.1 Å². The fourth-order valence-corrected chi connectivity index (χ4v) is 3.05. The molecule has 0 radical (unpaired) electrons. The van der Waals surface area contributed by atoms with E-state index >= 15 is 0 Å². The third kappa shape index (κ3) is 5.56. The van der Waals surface area contributed by atoms with Crippen molar-refractivity contribution in [3.05, 3.63) is 63.6 Å². The molecule has 0 fully saturated rings. The van der Waals surface area contributed by atoms with Crippen LogP contribution in [0.5, 0.6) is 0 Å². The molecule has 0 saturated heterocycles. The van der Waals surface area contributed by atoms with Gasteiger partial charge in [-0.1, -0.05) is 47.0 Å². The van der Waals surface area contributed by atoms with Crippen LogP contribution in [0.1, 0.15) is 17.5 Å². The molecule has 0 spiro atoms. The summed E-state index contributed by atoms with van der Waals surface area (Å²) in [6.45, 7) is 2.02. The first-order chi connectivity index (χ1) is 10.5. The van der Waals surface area contributed by atoms with Crippen LogP contribution in [0.4, 0.5) is 5.69 Å². The van der Waals surface area contributed by atoms with E-state index in [0.717, 1.165) is 22.8 Å². The lowest BCUT2D eigenvalue weighted by Crippen LogP contribution is -2.12. The normalized spacial score (nSPS) is 10.5. The van der Waals surface area contributed by atoms with Crippen LogP contribution in [-0.2, 0) is 10.5 Å². The number of benzene rings is 2. The van der Waals surface area contributed by atoms with Crippen LogP contribution < -0.4 is 5.32 Å². The molecule has 0 bridgehead atoms. The smallest absolute Gasteiger partial charge is 0.225 e. The quantitative estimate of drug-likeness (QED) is 0.688. The van der Waals surface area contributed by atoms with Gasteiger partial charge in [0.25, 0.3) is 0 Å². The van der Waals surface area contributed by atoms with Gasteiger partial charge >= 0.3 is 0 Å². The van der Waals surface area contributed by atoms with Crippen LogP contribution in [-0.4, -0.2) is 11.7 Å². The summed E-state index contributed by atoms with van der Waals surface area (Å²) < 4.78 is 0. The molecule has 0 aliphatic carbocycles. The van der Waals surface area contributed by atoms with Crippen molar-refractivity contribution in [2.45, 2.75) is 19.1 Å². The molecule has 116 valence electrons. The van der Waals surface area contributed by atoms with Gasteiger partial charge < -0.3 is 5.32 Å². The van der Waals surface area contributed by atoms with Crippen molar-refractivity contribution in [2.75, 3.05) is 11.1 Å². The molecule has 0 heterocycles. The first-order valence-electron chi connectivity index (χ1n) is 6.93. The lowest BCUT2D eigenvalue weighted by Gasteiger charge is -2.06. The number of carbonyl (C=O) groups excluding carboxylic acids is 1. The number of halogens is 2. The minimum atomic E-state index is 0.0329. The molecule has 0 aliphatic heterocycles. The highest BCUT2D eigenvalue weighted by Crippen LogP contribution is 2.24. The molecule has 2 nitrogen and oxygen atoms in total. The molecular formula is C17H17Cl2NOS. The Morgan fingerprint density at radius 1 is 1.09 bits per heavy atom. The van der Waals surface area contributed by atoms with Crippen molar-refractivity contribution in [1.29, 1.82) is 0 Å². The molecule has 5 heteroatoms. The monoisotopic (exact) mass is 353 g/mol. The second-order valence-corrected chi connectivity index (χ2v) is 6.88. The SMILES string of the molecule is Cc1ccc(NC(=O)CCSCc2ccc(Cl)c(Cl)c2)cc1. The Morgan fingerprint density at radius 3 is 2.50 bits per heavy atom. The summed E-state index contributed by atoms with van der Waals surface area (Å²) in [6.07, 6.45) is 0.486. The molecule has 2 aromatic rings. The molecule has 0 atom stereocenters. The highest BCUT2D eigenvalue weighted by atomic mass is 35.5. The van der Waals surface area contributed by atoms with Gasteiger partial charge in [-0.15, -0.1) is 0 Å². The minimum Gasteiger partial charge on any atom is -0.326 e. The number of aryl methyl sites for hydroxylation is 1. The summed E-state index contributed by atoms with van der Waals surface area (Å²) in [5, 5.41) is 4.02. The van der Waals surface area contributed by atoms with Crippen molar-refractivity contribution >= 4 is 46.6 Å². The third-order valence-electron chi connectivity index (χ3n) is 3.06. The molecule has 2 aromatic carbocycles. The van der Waals surface area contributed by atoms with Gasteiger partial charge in [-0.05, 0) is 36.8 Å². The molecule has 0 unspecified atom stereocenters. The summed E-state index contributed by atoms with van der Waals surface area (Å²) in [6, 6.07) is 13.4. The third-order valence-corrected chi connectivity index (χ3v) is 4.83. The Hall–Kier alpha value is -1.16. The van der Waals surface area contributed by atoms with Crippen molar-refractivity contribution < 1.29 is 4.79 Å². The summed E-state index contributed by atoms with van der Waals surface area (Å²) >= 11 is 13.6. The van der Waals surface area contributed by atoms with Gasteiger partial charge in [0.2, 0.25) is 5.91 Å². The second-order valence-electron chi connectivity index (χ2n) is 4.97. The fourth-order valence-electron chi connectivity index (χ4n) is 1.84. The average molecular weight is 354 g/mol. The molecule has 0 saturated carbocycles. The average Bonchev–Trinajstić information content (AvgIpc) is 2.49. The maximum Gasteiger partial charge on any atom is 0.225 e. The van der Waals surface area contributed by atoms with Gasteiger partial charge in [-0.3, -0.25) is 4.79 Å². The molecule has 1 amide bonds. The lowest BCUT2D eigenvalue weighted by molar-refractivity contribution is -0.115. The summed E-state index contributed by atoms with van der Waals surface area (Å²) in [7, 11) is 0. The fraction of sp³-hybridized carbons (Fsp3) is 0.235. The van der Waals surface area contributed by atoms with E-state index in [1.54, 1.807) is 17.8 Å². The maximum absolute atomic E-state index is 11.8. The van der Waals surface area contributed by atoms with Crippen LogP contribution in [0.25, 0.3) is 0 Å². The highest BCUT2D eigenvalue weighted by Gasteiger charge is 2.04. The van der Waals surface area contributed by atoms with E-state index in [9.17, 15) is 4.79 Å². The summed E-state index contributed by atoms with van der Waals surface area (Å²) in [5.41, 5.74) is 3.12. The first kappa shape index (κ1) is 17.2. The lowest BCUT2D eigenvalue weighted by atomic mass is 10.2. The maximum atomic E-state index is 11.8. The Bertz CT molecular complexity index is 644. The number of anilines is 1. The predicted molar refractivity (Wildman–Crippen MR) is 97.0 cm³/mol. The number of carbonyl (C=O) groups is 1. The van der Waals surface area contributed by atoms with Crippen molar-refractivity contribution in [3.8, 4) is 0 Å². The van der Waals surface area contributed by atoms with Crippen LogP contribution in [0.3, 0.4) is 0 Å². The molecule has 22 heavy (non-hydrogen) atoms. The van der Waals surface area contributed by atoms with E-state index in [0.29, 0.717) is 16.5 Å². The molecular weight excluding hydrogens is 337 g/mol. The van der Waals surface area contributed by atoms with Crippen molar-refractivity contribution in [3.63, 3.8) is 0 Å². The zero-order chi connectivity index (χ0) is 15.9. The van der Waals surface area contributed by atoms with Gasteiger partial charge in [-0.2, -0.15) is 11.8 Å². The molecule has 0 aliphatic rings. The van der Waals surface area contributed by atoms with Gasteiger partial charge in [0.1, 0.15) is 0 Å². The largest absolute Gasteiger partial charge is 0.326 e. The van der Waals surface area contributed by atoms with Crippen LogP contribution in [0, 0.1) is 6.92 Å². The van der Waals surface area contributed by atoms with Crippen molar-refractivity contribution in [1.82, 2.24) is 0 Å². The zero-order valence-corrected chi connectivity index (χ0v) is 14.6. The molecule has 0 aromatic heterocycles. The summed E-state index contributed by atoms with van der Waals surface area (Å²) in [5.74, 6) is 1.61. The van der Waals surface area contributed by atoms with Gasteiger partial charge in [0.15, 0.2) is 0 Å². The highest BCUT2D eigenvalue weighted by molar-refractivity contribution is 7.98. The standard InChI is InChI=1S/C17H17Cl2NOS/c1-12-2-5-14(6-3-12)20-17(21)8-9-22-11-13-4-7-15(18)16(19)10-13/h2-7,10H,8-9,11H2,1H3,(H,20,21). The second kappa shape index (κ2) is 8.47. The number of hydrogen-bond donors (Lipinski definition) is 1. The number of nitrogens with one attached hydrogen (secondary N) is 1. The van der Waals surface area contributed by atoms with Gasteiger partial charge in [-0.25, -0.2) is 0 Å². The molecule has 1 N–H and O–H groups in total. The van der Waals surface area contributed by atoms with Gasteiger partial charge in [0, 0.05) is 23.6 Å². The first-order valence-corrected chi connectivity index (χ1v) is 8.84.